The van der Waals surface area contributed by atoms with Gasteiger partial charge in [-0.1, -0.05) is 24.3 Å². The van der Waals surface area contributed by atoms with Gasteiger partial charge < -0.3 is 19.7 Å². The highest BCUT2D eigenvalue weighted by Crippen LogP contribution is 2.40. The molecular formula is C31H31F3N6O2. The van der Waals surface area contributed by atoms with E-state index in [-0.39, 0.29) is 39.2 Å². The number of fused-ring (bicyclic) bond motifs is 3. The van der Waals surface area contributed by atoms with E-state index >= 15 is 8.78 Å². The van der Waals surface area contributed by atoms with Crippen LogP contribution in [0.3, 0.4) is 0 Å². The van der Waals surface area contributed by atoms with Crippen LogP contribution in [0.4, 0.5) is 19.0 Å². The van der Waals surface area contributed by atoms with Gasteiger partial charge >= 0.3 is 6.01 Å². The third-order valence-corrected chi connectivity index (χ3v) is 9.55. The lowest BCUT2D eigenvalue weighted by Crippen LogP contribution is -2.70. The molecule has 4 fully saturated rings. The zero-order valence-corrected chi connectivity index (χ0v) is 23.1. The van der Waals surface area contributed by atoms with Crippen LogP contribution in [0.15, 0.2) is 36.5 Å². The Balaban J connectivity index is 1.26. The minimum Gasteiger partial charge on any atom is -0.461 e. The monoisotopic (exact) mass is 576 g/mol. The molecule has 218 valence electrons. The first kappa shape index (κ1) is 26.1. The van der Waals surface area contributed by atoms with Crippen molar-refractivity contribution in [2.24, 2.45) is 0 Å². The zero-order valence-electron chi connectivity index (χ0n) is 23.1. The van der Waals surface area contributed by atoms with Crippen LogP contribution in [0.1, 0.15) is 25.7 Å². The molecule has 0 aliphatic carbocycles. The molecule has 1 N–H and O–H groups in total. The Hall–Kier alpha value is -3.54. The zero-order chi connectivity index (χ0) is 28.5. The third-order valence-electron chi connectivity index (χ3n) is 9.55. The summed E-state index contributed by atoms with van der Waals surface area (Å²) >= 11 is 0. The van der Waals surface area contributed by atoms with Gasteiger partial charge in [-0.3, -0.25) is 9.88 Å². The number of anilines is 1. The highest BCUT2D eigenvalue weighted by molar-refractivity contribution is 5.99. The maximum atomic E-state index is 16.5. The number of piperazine rings is 1. The molecule has 4 aliphatic rings. The van der Waals surface area contributed by atoms with Crippen molar-refractivity contribution in [3.8, 4) is 17.3 Å². The molecule has 0 atom stereocenters. The first-order chi connectivity index (χ1) is 20.5. The topological polar surface area (TPSA) is 75.6 Å². The van der Waals surface area contributed by atoms with Crippen LogP contribution < -0.4 is 15.0 Å². The van der Waals surface area contributed by atoms with Gasteiger partial charge in [0.2, 0.25) is 0 Å². The molecule has 8 nitrogen and oxygen atoms in total. The van der Waals surface area contributed by atoms with Crippen LogP contribution in [0.2, 0.25) is 0 Å². The second-order valence-electron chi connectivity index (χ2n) is 12.1. The summed E-state index contributed by atoms with van der Waals surface area (Å²) in [5.41, 5.74) is -0.119. The lowest BCUT2D eigenvalue weighted by Gasteiger charge is -2.49. The fraction of sp³-hybridized carbons (Fsp3) is 0.452. The van der Waals surface area contributed by atoms with Crippen LogP contribution in [-0.4, -0.2) is 83.5 Å². The molecule has 8 rings (SSSR count). The molecule has 0 radical (unpaired) electrons. The number of rotatable bonds is 5. The lowest BCUT2D eigenvalue weighted by molar-refractivity contribution is -0.0743. The van der Waals surface area contributed by atoms with Crippen molar-refractivity contribution >= 4 is 27.5 Å². The standard InChI is InChI=1S/C31H31F3N6O2/c32-22-7-6-19-4-1-5-20(23(19)24(22)33)26-25(34)27-21(14-35-26)28(39-13-10-36-30(15-39)16-41-17-30)38-29(37-27)42-18-31-8-2-11-40(31)12-3-9-31/h1,4-7,14,36H,2-3,8-13,15-18H2. The van der Waals surface area contributed by atoms with Crippen LogP contribution in [0.5, 0.6) is 6.01 Å². The summed E-state index contributed by atoms with van der Waals surface area (Å²) in [7, 11) is 0. The minimum atomic E-state index is -1.04. The maximum Gasteiger partial charge on any atom is 0.319 e. The van der Waals surface area contributed by atoms with E-state index in [2.05, 4.69) is 25.1 Å². The quantitative estimate of drug-likeness (QED) is 0.374. The molecule has 0 amide bonds. The number of halogens is 3. The van der Waals surface area contributed by atoms with E-state index < -0.39 is 17.5 Å². The molecule has 42 heavy (non-hydrogen) atoms. The normalized spacial score (nSPS) is 21.3. The van der Waals surface area contributed by atoms with Gasteiger partial charge in [0.15, 0.2) is 17.5 Å². The van der Waals surface area contributed by atoms with Gasteiger partial charge in [-0.05, 0) is 50.2 Å². The van der Waals surface area contributed by atoms with Gasteiger partial charge in [0.1, 0.15) is 23.6 Å². The van der Waals surface area contributed by atoms with E-state index in [4.69, 9.17) is 14.5 Å². The number of nitrogens with one attached hydrogen (secondary N) is 1. The van der Waals surface area contributed by atoms with E-state index in [0.29, 0.717) is 49.5 Å². The smallest absolute Gasteiger partial charge is 0.319 e. The summed E-state index contributed by atoms with van der Waals surface area (Å²) in [6, 6.07) is 7.53. The molecule has 0 unspecified atom stereocenters. The summed E-state index contributed by atoms with van der Waals surface area (Å²) < 4.78 is 57.6. The Kier molecular flexibility index (Phi) is 6.06. The number of aromatic nitrogens is 3. The Morgan fingerprint density at radius 1 is 0.976 bits per heavy atom. The molecular weight excluding hydrogens is 545 g/mol. The number of hydrogen-bond acceptors (Lipinski definition) is 8. The fourth-order valence-corrected chi connectivity index (χ4v) is 7.36. The number of hydrogen-bond donors (Lipinski definition) is 1. The molecule has 4 aromatic rings. The number of benzene rings is 2. The number of nitrogens with zero attached hydrogens (tertiary/aromatic N) is 5. The summed E-state index contributed by atoms with van der Waals surface area (Å²) in [5.74, 6) is -2.22. The van der Waals surface area contributed by atoms with Gasteiger partial charge in [-0.25, -0.2) is 13.2 Å². The first-order valence-corrected chi connectivity index (χ1v) is 14.6. The van der Waals surface area contributed by atoms with E-state index in [9.17, 15) is 4.39 Å². The average molecular weight is 577 g/mol. The lowest BCUT2D eigenvalue weighted by atomic mass is 9.94. The van der Waals surface area contributed by atoms with Gasteiger partial charge in [0.05, 0.1) is 29.7 Å². The molecule has 2 aromatic carbocycles. The summed E-state index contributed by atoms with van der Waals surface area (Å²) in [6.45, 7) is 5.74. The Morgan fingerprint density at radius 2 is 1.81 bits per heavy atom. The Morgan fingerprint density at radius 3 is 2.60 bits per heavy atom. The molecule has 1 spiro atoms. The van der Waals surface area contributed by atoms with Crippen LogP contribution in [0, 0.1) is 17.5 Å². The summed E-state index contributed by atoms with van der Waals surface area (Å²) in [6.07, 6.45) is 5.90. The van der Waals surface area contributed by atoms with Crippen LogP contribution in [0.25, 0.3) is 32.9 Å². The molecule has 2 aromatic heterocycles. The largest absolute Gasteiger partial charge is 0.461 e. The molecule has 0 bridgehead atoms. The van der Waals surface area contributed by atoms with Gasteiger partial charge in [-0.15, -0.1) is 0 Å². The predicted octanol–water partition coefficient (Wildman–Crippen LogP) is 4.45. The SMILES string of the molecule is Fc1ccc2cccc(-c3ncc4c(N5CCNC6(COC6)C5)nc(OCC56CCCN5CCC6)nc4c3F)c2c1F. The molecule has 4 aliphatic heterocycles. The van der Waals surface area contributed by atoms with E-state index in [0.717, 1.165) is 51.4 Å². The van der Waals surface area contributed by atoms with Crippen LogP contribution >= 0.6 is 0 Å². The Bertz CT molecular complexity index is 1700. The van der Waals surface area contributed by atoms with Crippen molar-refractivity contribution in [2.75, 3.05) is 57.4 Å². The fourth-order valence-electron chi connectivity index (χ4n) is 7.36. The first-order valence-electron chi connectivity index (χ1n) is 14.6. The maximum absolute atomic E-state index is 16.5. The average Bonchev–Trinajstić information content (AvgIpc) is 3.58. The number of ether oxygens (including phenoxy) is 2. The van der Waals surface area contributed by atoms with E-state index in [1.54, 1.807) is 18.2 Å². The predicted molar refractivity (Wildman–Crippen MR) is 152 cm³/mol. The van der Waals surface area contributed by atoms with Crippen LogP contribution in [-0.2, 0) is 4.74 Å². The van der Waals surface area contributed by atoms with Gasteiger partial charge in [-0.2, -0.15) is 9.97 Å². The van der Waals surface area contributed by atoms with Crippen molar-refractivity contribution in [2.45, 2.75) is 36.8 Å². The van der Waals surface area contributed by atoms with E-state index in [1.165, 1.54) is 12.3 Å². The minimum absolute atomic E-state index is 0.0234. The second kappa shape index (κ2) is 9.75. The summed E-state index contributed by atoms with van der Waals surface area (Å²) in [5, 5.41) is 4.41. The Labute approximate surface area is 240 Å². The second-order valence-corrected chi connectivity index (χ2v) is 12.1. The highest BCUT2D eigenvalue weighted by Gasteiger charge is 2.45. The van der Waals surface area contributed by atoms with Crippen molar-refractivity contribution in [1.82, 2.24) is 25.2 Å². The molecule has 11 heteroatoms. The van der Waals surface area contributed by atoms with Gasteiger partial charge in [0, 0.05) is 36.8 Å². The molecule has 6 heterocycles. The van der Waals surface area contributed by atoms with E-state index in [1.807, 2.05) is 0 Å². The number of pyridine rings is 1. The van der Waals surface area contributed by atoms with Crippen molar-refractivity contribution < 1.29 is 22.6 Å². The summed E-state index contributed by atoms with van der Waals surface area (Å²) in [4.78, 5) is 18.5. The van der Waals surface area contributed by atoms with Crippen molar-refractivity contribution in [1.29, 1.82) is 0 Å². The van der Waals surface area contributed by atoms with Crippen molar-refractivity contribution in [3.63, 3.8) is 0 Å². The highest BCUT2D eigenvalue weighted by atomic mass is 19.2. The molecule has 4 saturated heterocycles. The van der Waals surface area contributed by atoms with Crippen molar-refractivity contribution in [3.05, 3.63) is 54.0 Å². The van der Waals surface area contributed by atoms with Gasteiger partial charge in [0.25, 0.3) is 0 Å². The third kappa shape index (κ3) is 4.05. The molecule has 0 saturated carbocycles.